The van der Waals surface area contributed by atoms with Gasteiger partial charge in [0.2, 0.25) is 5.91 Å². The van der Waals surface area contributed by atoms with E-state index in [0.717, 1.165) is 25.9 Å². The van der Waals surface area contributed by atoms with Crippen LogP contribution in [0.3, 0.4) is 0 Å². The van der Waals surface area contributed by atoms with Crippen molar-refractivity contribution in [2.45, 2.75) is 19.3 Å². The fourth-order valence-electron chi connectivity index (χ4n) is 2.25. The van der Waals surface area contributed by atoms with Gasteiger partial charge in [0.25, 0.3) is 0 Å². The molecule has 0 aliphatic carbocycles. The molecule has 0 aromatic heterocycles. The number of piperidine rings is 1. The number of nitriles is 1. The molecule has 1 saturated heterocycles. The third-order valence-corrected chi connectivity index (χ3v) is 3.63. The lowest BCUT2D eigenvalue weighted by atomic mass is 9.94. The molecule has 0 radical (unpaired) electrons. The topological polar surface area (TPSA) is 64.9 Å². The van der Waals surface area contributed by atoms with E-state index in [1.54, 1.807) is 18.2 Å². The van der Waals surface area contributed by atoms with E-state index in [1.807, 2.05) is 6.07 Å². The van der Waals surface area contributed by atoms with Gasteiger partial charge in [0.15, 0.2) is 0 Å². The Morgan fingerprint density at radius 2 is 2.21 bits per heavy atom. The molecule has 1 heterocycles. The van der Waals surface area contributed by atoms with Gasteiger partial charge >= 0.3 is 0 Å². The molecule has 2 N–H and O–H groups in total. The Hall–Kier alpha value is -1.57. The Labute approximate surface area is 117 Å². The maximum absolute atomic E-state index is 11.9. The highest BCUT2D eigenvalue weighted by molar-refractivity contribution is 6.31. The van der Waals surface area contributed by atoms with Gasteiger partial charge in [-0.15, -0.1) is 0 Å². The Bertz CT molecular complexity index is 504. The van der Waals surface area contributed by atoms with Crippen molar-refractivity contribution in [3.8, 4) is 6.07 Å². The van der Waals surface area contributed by atoms with Crippen molar-refractivity contribution in [2.24, 2.45) is 5.92 Å². The standard InChI is InChI=1S/C14H16ClN3O/c15-13-2-1-12(8-11(13)9-16)18-14(19)7-10-3-5-17-6-4-10/h1-2,8,10,17H,3-7H2,(H,18,19). The number of nitrogens with one attached hydrogen (secondary N) is 2. The summed E-state index contributed by atoms with van der Waals surface area (Å²) in [4.78, 5) is 11.9. The summed E-state index contributed by atoms with van der Waals surface area (Å²) in [5.41, 5.74) is 1.00. The van der Waals surface area contributed by atoms with E-state index >= 15 is 0 Å². The molecule has 1 aromatic carbocycles. The largest absolute Gasteiger partial charge is 0.326 e. The quantitative estimate of drug-likeness (QED) is 0.892. The smallest absolute Gasteiger partial charge is 0.224 e. The predicted molar refractivity (Wildman–Crippen MR) is 75.0 cm³/mol. The lowest BCUT2D eigenvalue weighted by Crippen LogP contribution is -2.30. The second-order valence-electron chi connectivity index (χ2n) is 4.75. The van der Waals surface area contributed by atoms with Crippen molar-refractivity contribution in [3.63, 3.8) is 0 Å². The number of anilines is 1. The van der Waals surface area contributed by atoms with E-state index in [9.17, 15) is 4.79 Å². The second kappa shape index (κ2) is 6.55. The average Bonchev–Trinajstić information content (AvgIpc) is 2.42. The minimum Gasteiger partial charge on any atom is -0.326 e. The lowest BCUT2D eigenvalue weighted by Gasteiger charge is -2.21. The summed E-state index contributed by atoms with van der Waals surface area (Å²) in [6.45, 7) is 1.97. The number of hydrogen-bond acceptors (Lipinski definition) is 3. The minimum atomic E-state index is -0.00175. The summed E-state index contributed by atoms with van der Waals surface area (Å²) in [6, 6.07) is 6.94. The molecule has 1 fully saturated rings. The van der Waals surface area contributed by atoms with Crippen LogP contribution in [0.2, 0.25) is 5.02 Å². The number of hydrogen-bond donors (Lipinski definition) is 2. The van der Waals surface area contributed by atoms with Gasteiger partial charge in [-0.05, 0) is 50.0 Å². The van der Waals surface area contributed by atoms with Crippen LogP contribution < -0.4 is 10.6 Å². The van der Waals surface area contributed by atoms with Crippen molar-refractivity contribution in [1.82, 2.24) is 5.32 Å². The van der Waals surface area contributed by atoms with Crippen LogP contribution in [0.4, 0.5) is 5.69 Å². The van der Waals surface area contributed by atoms with Gasteiger partial charge in [-0.3, -0.25) is 4.79 Å². The van der Waals surface area contributed by atoms with Crippen LogP contribution in [0, 0.1) is 17.2 Å². The third-order valence-electron chi connectivity index (χ3n) is 3.30. The van der Waals surface area contributed by atoms with Crippen LogP contribution in [0.1, 0.15) is 24.8 Å². The molecule has 0 unspecified atom stereocenters. The fourth-order valence-corrected chi connectivity index (χ4v) is 2.41. The monoisotopic (exact) mass is 277 g/mol. The summed E-state index contributed by atoms with van der Waals surface area (Å²) in [7, 11) is 0. The molecular weight excluding hydrogens is 262 g/mol. The van der Waals surface area contributed by atoms with Gasteiger partial charge in [-0.1, -0.05) is 11.6 Å². The first-order valence-electron chi connectivity index (χ1n) is 6.39. The van der Waals surface area contributed by atoms with Crippen molar-refractivity contribution in [2.75, 3.05) is 18.4 Å². The SMILES string of the molecule is N#Cc1cc(NC(=O)CC2CCNCC2)ccc1Cl. The number of amides is 1. The normalized spacial score (nSPS) is 15.8. The van der Waals surface area contributed by atoms with Gasteiger partial charge in [-0.2, -0.15) is 5.26 Å². The lowest BCUT2D eigenvalue weighted by molar-refractivity contribution is -0.117. The van der Waals surface area contributed by atoms with Gasteiger partial charge in [0.1, 0.15) is 6.07 Å². The van der Waals surface area contributed by atoms with Crippen LogP contribution in [0.15, 0.2) is 18.2 Å². The molecule has 1 aliphatic heterocycles. The zero-order valence-electron chi connectivity index (χ0n) is 10.6. The molecule has 100 valence electrons. The highest BCUT2D eigenvalue weighted by Crippen LogP contribution is 2.21. The Kier molecular flexibility index (Phi) is 4.78. The summed E-state index contributed by atoms with van der Waals surface area (Å²) in [5, 5.41) is 15.4. The van der Waals surface area contributed by atoms with Gasteiger partial charge in [0, 0.05) is 12.1 Å². The predicted octanol–water partition coefficient (Wildman–Crippen LogP) is 2.54. The second-order valence-corrected chi connectivity index (χ2v) is 5.16. The van der Waals surface area contributed by atoms with Gasteiger partial charge in [-0.25, -0.2) is 0 Å². The molecule has 1 amide bonds. The van der Waals surface area contributed by atoms with Crippen LogP contribution in [0.25, 0.3) is 0 Å². The molecule has 0 spiro atoms. The highest BCUT2D eigenvalue weighted by Gasteiger charge is 2.16. The van der Waals surface area contributed by atoms with Crippen LogP contribution in [0.5, 0.6) is 0 Å². The number of benzene rings is 1. The summed E-state index contributed by atoms with van der Waals surface area (Å²) >= 11 is 5.85. The number of carbonyl (C=O) groups is 1. The van der Waals surface area contributed by atoms with Crippen LogP contribution in [-0.4, -0.2) is 19.0 Å². The van der Waals surface area contributed by atoms with Crippen molar-refractivity contribution in [3.05, 3.63) is 28.8 Å². The molecule has 19 heavy (non-hydrogen) atoms. The molecule has 1 aromatic rings. The number of rotatable bonds is 3. The number of carbonyl (C=O) groups excluding carboxylic acids is 1. The first-order valence-corrected chi connectivity index (χ1v) is 6.77. The molecule has 0 atom stereocenters. The molecule has 2 rings (SSSR count). The highest BCUT2D eigenvalue weighted by atomic mass is 35.5. The van der Waals surface area contributed by atoms with E-state index in [-0.39, 0.29) is 5.91 Å². The van der Waals surface area contributed by atoms with E-state index < -0.39 is 0 Å². The van der Waals surface area contributed by atoms with Crippen LogP contribution >= 0.6 is 11.6 Å². The first kappa shape index (κ1) is 13.9. The fraction of sp³-hybridized carbons (Fsp3) is 0.429. The van der Waals surface area contributed by atoms with Gasteiger partial charge in [0.05, 0.1) is 10.6 Å². The zero-order valence-corrected chi connectivity index (χ0v) is 11.3. The molecule has 4 nitrogen and oxygen atoms in total. The molecule has 1 aliphatic rings. The minimum absolute atomic E-state index is 0.00175. The molecule has 0 bridgehead atoms. The maximum Gasteiger partial charge on any atom is 0.224 e. The summed E-state index contributed by atoms with van der Waals surface area (Å²) in [6.07, 6.45) is 2.61. The Morgan fingerprint density at radius 1 is 1.47 bits per heavy atom. The van der Waals surface area contributed by atoms with E-state index in [4.69, 9.17) is 16.9 Å². The van der Waals surface area contributed by atoms with Crippen molar-refractivity contribution in [1.29, 1.82) is 5.26 Å². The van der Waals surface area contributed by atoms with Crippen molar-refractivity contribution >= 4 is 23.2 Å². The number of nitrogens with zero attached hydrogens (tertiary/aromatic N) is 1. The summed E-state index contributed by atoms with van der Waals surface area (Å²) in [5.74, 6) is 0.446. The van der Waals surface area contributed by atoms with Gasteiger partial charge < -0.3 is 10.6 Å². The zero-order chi connectivity index (χ0) is 13.7. The van der Waals surface area contributed by atoms with Crippen LogP contribution in [-0.2, 0) is 4.79 Å². The molecular formula is C14H16ClN3O. The first-order chi connectivity index (χ1) is 9.19. The maximum atomic E-state index is 11.9. The van der Waals surface area contributed by atoms with Crippen molar-refractivity contribution < 1.29 is 4.79 Å². The molecule has 0 saturated carbocycles. The summed E-state index contributed by atoms with van der Waals surface area (Å²) < 4.78 is 0. The van der Waals surface area contributed by atoms with E-state index in [2.05, 4.69) is 10.6 Å². The molecule has 5 heteroatoms. The van der Waals surface area contributed by atoms with E-state index in [0.29, 0.717) is 28.6 Å². The third kappa shape index (κ3) is 3.95. The number of halogens is 1. The Balaban J connectivity index is 1.93. The van der Waals surface area contributed by atoms with E-state index in [1.165, 1.54) is 0 Å². The Morgan fingerprint density at radius 3 is 2.89 bits per heavy atom. The average molecular weight is 278 g/mol.